The number of hydrogen-bond acceptors (Lipinski definition) is 6. The van der Waals surface area contributed by atoms with Crippen LogP contribution in [0.5, 0.6) is 5.75 Å². The zero-order valence-corrected chi connectivity index (χ0v) is 18.3. The number of nitrogens with one attached hydrogen (secondary N) is 1. The molecule has 0 radical (unpaired) electrons. The Balaban J connectivity index is 1.35. The largest absolute Gasteiger partial charge is 0.497 e. The van der Waals surface area contributed by atoms with Crippen molar-refractivity contribution in [3.05, 3.63) is 46.7 Å². The highest BCUT2D eigenvalue weighted by Crippen LogP contribution is 2.23. The van der Waals surface area contributed by atoms with E-state index < -0.39 is 0 Å². The third-order valence-electron chi connectivity index (χ3n) is 5.77. The van der Waals surface area contributed by atoms with Crippen molar-refractivity contribution in [1.29, 1.82) is 0 Å². The number of methoxy groups -OCH3 is 1. The van der Waals surface area contributed by atoms with Crippen molar-refractivity contribution in [2.75, 3.05) is 38.2 Å². The minimum Gasteiger partial charge on any atom is -0.497 e. The van der Waals surface area contributed by atoms with Gasteiger partial charge < -0.3 is 19.9 Å². The van der Waals surface area contributed by atoms with Crippen molar-refractivity contribution in [3.8, 4) is 5.75 Å². The number of carbonyl (C=O) groups excluding carboxylic acids is 2. The monoisotopic (exact) mass is 443 g/mol. The summed E-state index contributed by atoms with van der Waals surface area (Å²) in [5, 5.41) is 3.32. The number of benzene rings is 1. The molecule has 164 valence electrons. The van der Waals surface area contributed by atoms with Crippen LogP contribution in [-0.4, -0.2) is 66.0 Å². The zero-order chi connectivity index (χ0) is 21.8. The van der Waals surface area contributed by atoms with Crippen LogP contribution in [0, 0.1) is 0 Å². The Morgan fingerprint density at radius 1 is 1.16 bits per heavy atom. The number of hydrogen-bond donors (Lipinski definition) is 1. The molecule has 2 fully saturated rings. The molecule has 1 N–H and O–H groups in total. The molecule has 2 aromatic rings. The maximum Gasteiger partial charge on any atom is 0.274 e. The summed E-state index contributed by atoms with van der Waals surface area (Å²) in [5.74, 6) is 0.872. The maximum absolute atomic E-state index is 13.0. The van der Waals surface area contributed by atoms with Gasteiger partial charge in [-0.1, -0.05) is 17.7 Å². The second-order valence-corrected chi connectivity index (χ2v) is 8.24. The number of carbonyl (C=O) groups is 2. The average Bonchev–Trinajstić information content (AvgIpc) is 3.34. The average molecular weight is 444 g/mol. The number of amides is 2. The van der Waals surface area contributed by atoms with Crippen molar-refractivity contribution in [2.24, 2.45) is 0 Å². The Hall–Kier alpha value is -2.87. The van der Waals surface area contributed by atoms with Gasteiger partial charge in [0.15, 0.2) is 5.69 Å². The number of halogens is 1. The molecule has 2 aliphatic heterocycles. The van der Waals surface area contributed by atoms with Gasteiger partial charge in [-0.25, -0.2) is 9.97 Å². The van der Waals surface area contributed by atoms with E-state index in [1.807, 2.05) is 0 Å². The van der Waals surface area contributed by atoms with Gasteiger partial charge in [0.05, 0.1) is 18.3 Å². The maximum atomic E-state index is 13.0. The van der Waals surface area contributed by atoms with Crippen LogP contribution >= 0.6 is 11.6 Å². The SMILES string of the molecule is COc1cccc(C(=O)NC2CCN(C(=O)c3nc(N4CCCC4)ncc3Cl)CC2)c1. The normalized spacial score (nSPS) is 17.0. The van der Waals surface area contributed by atoms with Gasteiger partial charge in [0.2, 0.25) is 5.95 Å². The van der Waals surface area contributed by atoms with E-state index in [9.17, 15) is 9.59 Å². The Morgan fingerprint density at radius 3 is 2.61 bits per heavy atom. The lowest BCUT2D eigenvalue weighted by Crippen LogP contribution is -2.46. The topological polar surface area (TPSA) is 87.7 Å². The fourth-order valence-corrected chi connectivity index (χ4v) is 4.16. The van der Waals surface area contributed by atoms with E-state index in [4.69, 9.17) is 16.3 Å². The summed E-state index contributed by atoms with van der Waals surface area (Å²) < 4.78 is 5.18. The van der Waals surface area contributed by atoms with E-state index >= 15 is 0 Å². The number of anilines is 1. The summed E-state index contributed by atoms with van der Waals surface area (Å²) in [6.07, 6.45) is 5.05. The number of nitrogens with zero attached hydrogens (tertiary/aromatic N) is 4. The molecule has 0 unspecified atom stereocenters. The quantitative estimate of drug-likeness (QED) is 0.764. The molecule has 4 rings (SSSR count). The van der Waals surface area contributed by atoms with E-state index in [0.717, 1.165) is 25.9 Å². The van der Waals surface area contributed by atoms with Crippen molar-refractivity contribution >= 4 is 29.4 Å². The van der Waals surface area contributed by atoms with Crippen LogP contribution in [0.2, 0.25) is 5.02 Å². The van der Waals surface area contributed by atoms with Crippen molar-refractivity contribution in [1.82, 2.24) is 20.2 Å². The Kier molecular flexibility index (Phi) is 6.56. The summed E-state index contributed by atoms with van der Waals surface area (Å²) in [7, 11) is 1.57. The number of rotatable bonds is 5. The first kappa shape index (κ1) is 21.4. The van der Waals surface area contributed by atoms with Gasteiger partial charge in [0.25, 0.3) is 11.8 Å². The third-order valence-corrected chi connectivity index (χ3v) is 6.05. The molecule has 31 heavy (non-hydrogen) atoms. The van der Waals surface area contributed by atoms with E-state index in [2.05, 4.69) is 20.2 Å². The predicted octanol–water partition coefficient (Wildman–Crippen LogP) is 2.77. The second kappa shape index (κ2) is 9.51. The smallest absolute Gasteiger partial charge is 0.274 e. The minimum atomic E-state index is -0.189. The fraction of sp³-hybridized carbons (Fsp3) is 0.455. The van der Waals surface area contributed by atoms with Crippen LogP contribution in [0.4, 0.5) is 5.95 Å². The molecule has 0 aliphatic carbocycles. The molecule has 0 spiro atoms. The van der Waals surface area contributed by atoms with Crippen LogP contribution in [0.15, 0.2) is 30.5 Å². The van der Waals surface area contributed by atoms with Gasteiger partial charge in [0, 0.05) is 37.8 Å². The van der Waals surface area contributed by atoms with Crippen LogP contribution in [0.1, 0.15) is 46.5 Å². The number of piperidine rings is 1. The first-order valence-corrected chi connectivity index (χ1v) is 10.9. The molecular formula is C22H26ClN5O3. The Morgan fingerprint density at radius 2 is 1.90 bits per heavy atom. The minimum absolute atomic E-state index is 0.00350. The molecule has 0 atom stereocenters. The van der Waals surface area contributed by atoms with Crippen LogP contribution in [-0.2, 0) is 0 Å². The molecule has 9 heteroatoms. The summed E-state index contributed by atoms with van der Waals surface area (Å²) in [6.45, 7) is 2.85. The van der Waals surface area contributed by atoms with Gasteiger partial charge >= 0.3 is 0 Å². The van der Waals surface area contributed by atoms with E-state index in [-0.39, 0.29) is 28.6 Å². The molecule has 0 bridgehead atoms. The summed E-state index contributed by atoms with van der Waals surface area (Å²) in [4.78, 5) is 38.2. The summed E-state index contributed by atoms with van der Waals surface area (Å²) in [6, 6.07) is 7.06. The third kappa shape index (κ3) is 4.90. The summed E-state index contributed by atoms with van der Waals surface area (Å²) in [5.41, 5.74) is 0.803. The molecule has 8 nitrogen and oxygen atoms in total. The lowest BCUT2D eigenvalue weighted by Gasteiger charge is -2.32. The van der Waals surface area contributed by atoms with Gasteiger partial charge in [-0.15, -0.1) is 0 Å². The van der Waals surface area contributed by atoms with Crippen molar-refractivity contribution in [2.45, 2.75) is 31.7 Å². The molecule has 3 heterocycles. The van der Waals surface area contributed by atoms with Crippen molar-refractivity contribution < 1.29 is 14.3 Å². The lowest BCUT2D eigenvalue weighted by molar-refractivity contribution is 0.0692. The van der Waals surface area contributed by atoms with Gasteiger partial charge in [-0.3, -0.25) is 9.59 Å². The van der Waals surface area contributed by atoms with E-state index in [1.165, 1.54) is 6.20 Å². The number of ether oxygens (including phenoxy) is 1. The highest BCUT2D eigenvalue weighted by atomic mass is 35.5. The van der Waals surface area contributed by atoms with Crippen LogP contribution < -0.4 is 15.0 Å². The van der Waals surface area contributed by atoms with Gasteiger partial charge in [-0.2, -0.15) is 0 Å². The highest BCUT2D eigenvalue weighted by molar-refractivity contribution is 6.33. The standard InChI is InChI=1S/C22H26ClN5O3/c1-31-17-6-4-5-15(13-17)20(29)25-16-7-11-27(12-8-16)21(30)19-18(23)14-24-22(26-19)28-9-2-3-10-28/h4-6,13-14,16H,2-3,7-12H2,1H3,(H,25,29). The van der Waals surface area contributed by atoms with E-state index in [1.54, 1.807) is 36.3 Å². The first-order chi connectivity index (χ1) is 15.0. The van der Waals surface area contributed by atoms with Crippen LogP contribution in [0.3, 0.4) is 0 Å². The molecule has 0 saturated carbocycles. The molecule has 1 aromatic heterocycles. The summed E-state index contributed by atoms with van der Waals surface area (Å²) >= 11 is 6.25. The Bertz CT molecular complexity index is 956. The highest BCUT2D eigenvalue weighted by Gasteiger charge is 2.28. The van der Waals surface area contributed by atoms with Gasteiger partial charge in [0.1, 0.15) is 5.75 Å². The molecule has 2 amide bonds. The molecule has 2 aliphatic rings. The van der Waals surface area contributed by atoms with Crippen molar-refractivity contribution in [3.63, 3.8) is 0 Å². The molecular weight excluding hydrogens is 418 g/mol. The molecule has 1 aromatic carbocycles. The van der Waals surface area contributed by atoms with Gasteiger partial charge in [-0.05, 0) is 43.9 Å². The zero-order valence-electron chi connectivity index (χ0n) is 17.5. The van der Waals surface area contributed by atoms with Crippen LogP contribution in [0.25, 0.3) is 0 Å². The molecule has 2 saturated heterocycles. The first-order valence-electron chi connectivity index (χ1n) is 10.6. The fourth-order valence-electron chi connectivity index (χ4n) is 3.99. The lowest BCUT2D eigenvalue weighted by atomic mass is 10.0. The number of aromatic nitrogens is 2. The number of likely N-dealkylation sites (tertiary alicyclic amines) is 1. The predicted molar refractivity (Wildman–Crippen MR) is 118 cm³/mol. The second-order valence-electron chi connectivity index (χ2n) is 7.83. The van der Waals surface area contributed by atoms with E-state index in [0.29, 0.717) is 43.2 Å². The Labute approximate surface area is 186 Å².